The van der Waals surface area contributed by atoms with Gasteiger partial charge in [-0.2, -0.15) is 15.3 Å². The summed E-state index contributed by atoms with van der Waals surface area (Å²) in [6.45, 7) is 3.16. The van der Waals surface area contributed by atoms with Gasteiger partial charge in [-0.15, -0.1) is 0 Å². The number of benzene rings is 1. The van der Waals surface area contributed by atoms with E-state index in [-0.39, 0.29) is 11.9 Å². The van der Waals surface area contributed by atoms with E-state index in [9.17, 15) is 4.79 Å². The van der Waals surface area contributed by atoms with Crippen LogP contribution < -0.4 is 5.32 Å². The standard InChI is InChI=1S/C31H34N10O/c1-20(42)40-11-9-26(10-12-40)41-19-25(17-34-41)35-31-32-15-23-7-8-27-29(30(23)36-31)28(39(3)37-27)14-21-5-4-6-22(13-21)24-16-33-38(2)18-24/h4-6,13,15-19,26H,7-12,14H2,1-3H3,(H,32,35,36). The minimum absolute atomic E-state index is 0.138. The molecule has 0 spiro atoms. The molecule has 1 aliphatic carbocycles. The Morgan fingerprint density at radius 2 is 1.88 bits per heavy atom. The van der Waals surface area contributed by atoms with Crippen molar-refractivity contribution in [3.63, 3.8) is 0 Å². The molecule has 0 bridgehead atoms. The minimum Gasteiger partial charge on any atom is -0.343 e. The average molecular weight is 563 g/mol. The topological polar surface area (TPSA) is 112 Å². The fourth-order valence-electron chi connectivity index (χ4n) is 6.19. The molecule has 11 nitrogen and oxygen atoms in total. The zero-order chi connectivity index (χ0) is 28.8. The van der Waals surface area contributed by atoms with Gasteiger partial charge in [0, 0.05) is 70.2 Å². The summed E-state index contributed by atoms with van der Waals surface area (Å²) >= 11 is 0. The molecule has 42 heavy (non-hydrogen) atoms. The van der Waals surface area contributed by atoms with Crippen LogP contribution in [0.5, 0.6) is 0 Å². The van der Waals surface area contributed by atoms with Crippen LogP contribution in [0.15, 0.2) is 55.2 Å². The van der Waals surface area contributed by atoms with Crippen LogP contribution in [-0.2, 0) is 38.2 Å². The van der Waals surface area contributed by atoms with Crippen LogP contribution in [0.25, 0.3) is 22.4 Å². The first kappa shape index (κ1) is 26.1. The van der Waals surface area contributed by atoms with E-state index in [2.05, 4.69) is 44.8 Å². The number of nitrogens with zero attached hydrogens (tertiary/aromatic N) is 9. The van der Waals surface area contributed by atoms with Gasteiger partial charge in [0.05, 0.1) is 41.2 Å². The summed E-state index contributed by atoms with van der Waals surface area (Å²) in [5.41, 5.74) is 9.73. The van der Waals surface area contributed by atoms with Crippen molar-refractivity contribution in [1.82, 2.24) is 44.2 Å². The number of amides is 1. The number of carbonyl (C=O) groups is 1. The number of nitrogens with one attached hydrogen (secondary N) is 1. The maximum absolute atomic E-state index is 11.7. The van der Waals surface area contributed by atoms with Crippen LogP contribution in [0.1, 0.15) is 48.3 Å². The van der Waals surface area contributed by atoms with Gasteiger partial charge in [0.1, 0.15) is 0 Å². The Morgan fingerprint density at radius 3 is 2.67 bits per heavy atom. The van der Waals surface area contributed by atoms with Gasteiger partial charge in [0.25, 0.3) is 0 Å². The van der Waals surface area contributed by atoms with Gasteiger partial charge in [-0.1, -0.05) is 24.3 Å². The third kappa shape index (κ3) is 4.95. The molecular formula is C31H34N10O. The number of carbonyl (C=O) groups excluding carboxylic acids is 1. The van der Waals surface area contributed by atoms with Gasteiger partial charge >= 0.3 is 0 Å². The average Bonchev–Trinajstić information content (AvgIpc) is 3.72. The number of aromatic nitrogens is 8. The summed E-state index contributed by atoms with van der Waals surface area (Å²) in [5.74, 6) is 0.681. The highest BCUT2D eigenvalue weighted by atomic mass is 16.2. The van der Waals surface area contributed by atoms with Crippen LogP contribution in [0.3, 0.4) is 0 Å². The van der Waals surface area contributed by atoms with E-state index in [1.807, 2.05) is 64.0 Å². The van der Waals surface area contributed by atoms with Crippen molar-refractivity contribution in [1.29, 1.82) is 0 Å². The maximum atomic E-state index is 11.7. The monoisotopic (exact) mass is 562 g/mol. The van der Waals surface area contributed by atoms with Crippen molar-refractivity contribution in [3.05, 3.63) is 77.8 Å². The summed E-state index contributed by atoms with van der Waals surface area (Å²) in [6, 6.07) is 8.90. The molecule has 0 atom stereocenters. The summed E-state index contributed by atoms with van der Waals surface area (Å²) in [7, 11) is 3.96. The second-order valence-corrected chi connectivity index (χ2v) is 11.3. The molecule has 5 aromatic rings. The number of rotatable bonds is 6. The lowest BCUT2D eigenvalue weighted by Gasteiger charge is -2.31. The molecule has 1 saturated heterocycles. The highest BCUT2D eigenvalue weighted by molar-refractivity contribution is 5.73. The van der Waals surface area contributed by atoms with Gasteiger partial charge in [0.2, 0.25) is 11.9 Å². The largest absolute Gasteiger partial charge is 0.343 e. The lowest BCUT2D eigenvalue weighted by molar-refractivity contribution is -0.130. The number of hydrogen-bond donors (Lipinski definition) is 1. The van der Waals surface area contributed by atoms with Crippen LogP contribution in [-0.4, -0.2) is 63.2 Å². The molecule has 1 fully saturated rings. The fraction of sp³-hybridized carbons (Fsp3) is 0.355. The van der Waals surface area contributed by atoms with Crippen molar-refractivity contribution in [2.24, 2.45) is 14.1 Å². The molecule has 0 saturated carbocycles. The predicted molar refractivity (Wildman–Crippen MR) is 159 cm³/mol. The molecule has 214 valence electrons. The smallest absolute Gasteiger partial charge is 0.227 e. The summed E-state index contributed by atoms with van der Waals surface area (Å²) in [4.78, 5) is 23.2. The van der Waals surface area contributed by atoms with Gasteiger partial charge < -0.3 is 10.2 Å². The highest BCUT2D eigenvalue weighted by Crippen LogP contribution is 2.36. The molecule has 7 rings (SSSR count). The van der Waals surface area contributed by atoms with Crippen LogP contribution in [0.4, 0.5) is 11.6 Å². The lowest BCUT2D eigenvalue weighted by atomic mass is 9.91. The number of likely N-dealkylation sites (tertiary alicyclic amines) is 1. The van der Waals surface area contributed by atoms with E-state index in [1.54, 1.807) is 6.92 Å². The summed E-state index contributed by atoms with van der Waals surface area (Å²) in [6.07, 6.45) is 14.0. The predicted octanol–water partition coefficient (Wildman–Crippen LogP) is 4.09. The molecule has 2 aliphatic rings. The van der Waals surface area contributed by atoms with E-state index >= 15 is 0 Å². The Bertz CT molecular complexity index is 1770. The molecule has 5 heterocycles. The zero-order valence-corrected chi connectivity index (χ0v) is 24.2. The van der Waals surface area contributed by atoms with Crippen LogP contribution in [0.2, 0.25) is 0 Å². The highest BCUT2D eigenvalue weighted by Gasteiger charge is 2.27. The molecule has 4 aromatic heterocycles. The van der Waals surface area contributed by atoms with Crippen molar-refractivity contribution >= 4 is 17.5 Å². The number of piperidine rings is 1. The Morgan fingerprint density at radius 1 is 1.02 bits per heavy atom. The molecule has 11 heteroatoms. The Kier molecular flexibility index (Phi) is 6.56. The second kappa shape index (κ2) is 10.6. The number of hydrogen-bond acceptors (Lipinski definition) is 7. The lowest BCUT2D eigenvalue weighted by Crippen LogP contribution is -2.37. The molecule has 0 radical (unpaired) electrons. The third-order valence-electron chi connectivity index (χ3n) is 8.45. The van der Waals surface area contributed by atoms with Crippen molar-refractivity contribution < 1.29 is 4.79 Å². The number of aryl methyl sites for hydroxylation is 4. The zero-order valence-electron chi connectivity index (χ0n) is 24.2. The number of fused-ring (bicyclic) bond motifs is 3. The second-order valence-electron chi connectivity index (χ2n) is 11.3. The van der Waals surface area contributed by atoms with Crippen LogP contribution >= 0.6 is 0 Å². The first-order valence-corrected chi connectivity index (χ1v) is 14.5. The van der Waals surface area contributed by atoms with E-state index in [0.29, 0.717) is 5.95 Å². The summed E-state index contributed by atoms with van der Waals surface area (Å²) in [5, 5.41) is 17.2. The fourth-order valence-corrected chi connectivity index (χ4v) is 6.19. The van der Waals surface area contributed by atoms with E-state index in [0.717, 1.165) is 90.2 Å². The Balaban J connectivity index is 1.13. The first-order chi connectivity index (χ1) is 20.4. The molecule has 1 N–H and O–H groups in total. The molecular weight excluding hydrogens is 528 g/mol. The molecule has 1 aromatic carbocycles. The Labute approximate surface area is 244 Å². The van der Waals surface area contributed by atoms with Crippen molar-refractivity contribution in [2.45, 2.75) is 45.1 Å². The van der Waals surface area contributed by atoms with E-state index < -0.39 is 0 Å². The van der Waals surface area contributed by atoms with Gasteiger partial charge in [-0.3, -0.25) is 18.8 Å². The van der Waals surface area contributed by atoms with Crippen LogP contribution in [0, 0.1) is 0 Å². The summed E-state index contributed by atoms with van der Waals surface area (Å²) < 4.78 is 5.83. The Hall–Kier alpha value is -4.80. The van der Waals surface area contributed by atoms with Crippen molar-refractivity contribution in [2.75, 3.05) is 18.4 Å². The molecule has 0 unspecified atom stereocenters. The van der Waals surface area contributed by atoms with E-state index in [1.165, 1.54) is 5.56 Å². The van der Waals surface area contributed by atoms with Gasteiger partial charge in [0.15, 0.2) is 0 Å². The van der Waals surface area contributed by atoms with Gasteiger partial charge in [-0.05, 0) is 42.4 Å². The molecule has 1 amide bonds. The van der Waals surface area contributed by atoms with E-state index in [4.69, 9.17) is 10.1 Å². The first-order valence-electron chi connectivity index (χ1n) is 14.5. The third-order valence-corrected chi connectivity index (χ3v) is 8.45. The SMILES string of the molecule is CC(=O)N1CCC(n2cc(Nc3ncc4c(n3)-c3c(nn(C)c3Cc3cccc(-c5cnn(C)c5)c3)CC4)cn2)CC1. The van der Waals surface area contributed by atoms with Crippen molar-refractivity contribution in [3.8, 4) is 22.4 Å². The quantitative estimate of drug-likeness (QED) is 0.332. The normalized spacial score (nSPS) is 15.0. The minimum atomic E-state index is 0.138. The van der Waals surface area contributed by atoms with Gasteiger partial charge in [-0.25, -0.2) is 9.97 Å². The number of anilines is 2. The maximum Gasteiger partial charge on any atom is 0.227 e. The molecule has 1 aliphatic heterocycles.